The summed E-state index contributed by atoms with van der Waals surface area (Å²) in [6.45, 7) is 5.51. The first-order valence-electron chi connectivity index (χ1n) is 2.67. The van der Waals surface area contributed by atoms with E-state index < -0.39 is 0 Å². The van der Waals surface area contributed by atoms with Crippen LogP contribution in [-0.4, -0.2) is 19.0 Å². The molecular formula is C6H10ClO2. The molecule has 0 amide bonds. The Morgan fingerprint density at radius 3 is 2.56 bits per heavy atom. The molecule has 3 heteroatoms. The van der Waals surface area contributed by atoms with Gasteiger partial charge in [0.15, 0.2) is 0 Å². The minimum Gasteiger partial charge on any atom is -0.457 e. The van der Waals surface area contributed by atoms with Crippen molar-refractivity contribution in [3.8, 4) is 0 Å². The van der Waals surface area contributed by atoms with Gasteiger partial charge in [-0.05, 0) is 0 Å². The highest BCUT2D eigenvalue weighted by Gasteiger charge is 2.16. The van der Waals surface area contributed by atoms with E-state index in [9.17, 15) is 4.79 Å². The van der Waals surface area contributed by atoms with Crippen molar-refractivity contribution in [2.75, 3.05) is 12.5 Å². The third-order valence-corrected chi connectivity index (χ3v) is 1.61. The van der Waals surface area contributed by atoms with Crippen LogP contribution >= 0.6 is 11.6 Å². The summed E-state index contributed by atoms with van der Waals surface area (Å²) in [4.78, 5) is 9.58. The van der Waals surface area contributed by atoms with Gasteiger partial charge in [-0.1, -0.05) is 13.8 Å². The zero-order chi connectivity index (χ0) is 7.33. The van der Waals surface area contributed by atoms with Crippen LogP contribution in [0.2, 0.25) is 0 Å². The van der Waals surface area contributed by atoms with Crippen LogP contribution in [0.1, 0.15) is 13.8 Å². The van der Waals surface area contributed by atoms with Gasteiger partial charge in [0, 0.05) is 11.3 Å². The molecule has 0 unspecified atom stereocenters. The summed E-state index contributed by atoms with van der Waals surface area (Å²) in [6.07, 6.45) is 0. The largest absolute Gasteiger partial charge is 0.457 e. The van der Waals surface area contributed by atoms with Crippen molar-refractivity contribution in [2.24, 2.45) is 5.41 Å². The van der Waals surface area contributed by atoms with E-state index in [1.807, 2.05) is 13.8 Å². The summed E-state index contributed by atoms with van der Waals surface area (Å²) in [5.74, 6) is 0.481. The second kappa shape index (κ2) is 3.72. The van der Waals surface area contributed by atoms with E-state index >= 15 is 0 Å². The highest BCUT2D eigenvalue weighted by atomic mass is 35.5. The summed E-state index contributed by atoms with van der Waals surface area (Å²) in [7, 11) is 0. The average Bonchev–Trinajstić information content (AvgIpc) is 1.84. The fourth-order valence-electron chi connectivity index (χ4n) is 0.263. The van der Waals surface area contributed by atoms with Crippen LogP contribution in [0.4, 0.5) is 0 Å². The predicted octanol–water partition coefficient (Wildman–Crippen LogP) is 1.34. The maximum absolute atomic E-state index is 9.58. The lowest BCUT2D eigenvalue weighted by Crippen LogP contribution is -2.20. The van der Waals surface area contributed by atoms with E-state index in [0.29, 0.717) is 12.5 Å². The standard InChI is InChI=1S/C6H10ClO2/c1-6(2,3-7)4-9-5-8/h3-4H2,1-2H3. The molecule has 53 valence electrons. The second-order valence-corrected chi connectivity index (χ2v) is 2.94. The summed E-state index contributed by atoms with van der Waals surface area (Å²) in [6, 6.07) is 0. The first-order valence-corrected chi connectivity index (χ1v) is 3.21. The molecule has 0 aromatic carbocycles. The van der Waals surface area contributed by atoms with Gasteiger partial charge < -0.3 is 4.74 Å². The molecule has 0 bridgehead atoms. The highest BCUT2D eigenvalue weighted by molar-refractivity contribution is 6.18. The Morgan fingerprint density at radius 2 is 2.22 bits per heavy atom. The number of carbonyl (C=O) groups excluding carboxylic acids is 1. The zero-order valence-electron chi connectivity index (χ0n) is 5.61. The molecule has 1 radical (unpaired) electrons. The summed E-state index contributed by atoms with van der Waals surface area (Å²) in [5, 5.41) is 0. The Labute approximate surface area is 60.1 Å². The van der Waals surface area contributed by atoms with E-state index in [4.69, 9.17) is 11.6 Å². The van der Waals surface area contributed by atoms with E-state index in [0.717, 1.165) is 0 Å². The predicted molar refractivity (Wildman–Crippen MR) is 36.1 cm³/mol. The van der Waals surface area contributed by atoms with Gasteiger partial charge in [-0.2, -0.15) is 0 Å². The Balaban J connectivity index is 3.44. The fourth-order valence-corrected chi connectivity index (χ4v) is 0.341. The SMILES string of the molecule is CC(C)(CCl)CO[C]=O. The molecule has 0 N–H and O–H groups in total. The molecule has 9 heavy (non-hydrogen) atoms. The molecule has 0 aromatic heterocycles. The molecule has 0 spiro atoms. The van der Waals surface area contributed by atoms with E-state index in [2.05, 4.69) is 4.74 Å². The van der Waals surface area contributed by atoms with Crippen LogP contribution in [-0.2, 0) is 9.53 Å². The third-order valence-electron chi connectivity index (χ3n) is 0.884. The van der Waals surface area contributed by atoms with Crippen molar-refractivity contribution in [1.82, 2.24) is 0 Å². The van der Waals surface area contributed by atoms with Crippen LogP contribution in [0.5, 0.6) is 0 Å². The fraction of sp³-hybridized carbons (Fsp3) is 0.833. The van der Waals surface area contributed by atoms with Crippen molar-refractivity contribution in [3.63, 3.8) is 0 Å². The van der Waals surface area contributed by atoms with Crippen LogP contribution in [0.3, 0.4) is 0 Å². The Bertz CT molecular complexity index is 91.1. The zero-order valence-corrected chi connectivity index (χ0v) is 6.36. The number of halogens is 1. The summed E-state index contributed by atoms with van der Waals surface area (Å²) >= 11 is 5.52. The molecule has 0 aliphatic rings. The number of ether oxygens (including phenoxy) is 1. The molecule has 0 rings (SSSR count). The molecule has 0 aromatic rings. The number of alkyl halides is 1. The van der Waals surface area contributed by atoms with Crippen molar-refractivity contribution in [1.29, 1.82) is 0 Å². The molecule has 0 atom stereocenters. The molecule has 0 heterocycles. The number of rotatable bonds is 4. The Morgan fingerprint density at radius 1 is 1.67 bits per heavy atom. The minimum absolute atomic E-state index is 0.126. The average molecular weight is 150 g/mol. The Kier molecular flexibility index (Phi) is 3.62. The van der Waals surface area contributed by atoms with Gasteiger partial charge in [0.1, 0.15) is 0 Å². The van der Waals surface area contributed by atoms with Gasteiger partial charge in [-0.25, -0.2) is 4.79 Å². The topological polar surface area (TPSA) is 26.3 Å². The van der Waals surface area contributed by atoms with Crippen LogP contribution < -0.4 is 0 Å². The molecule has 0 saturated carbocycles. The van der Waals surface area contributed by atoms with Crippen LogP contribution in [0, 0.1) is 5.41 Å². The van der Waals surface area contributed by atoms with Gasteiger partial charge in [0.25, 0.3) is 0 Å². The van der Waals surface area contributed by atoms with Crippen molar-refractivity contribution in [2.45, 2.75) is 13.8 Å². The van der Waals surface area contributed by atoms with Gasteiger partial charge in [0.2, 0.25) is 0 Å². The third kappa shape index (κ3) is 4.28. The molecule has 2 nitrogen and oxygen atoms in total. The smallest absolute Gasteiger partial charge is 0.417 e. The monoisotopic (exact) mass is 149 g/mol. The maximum Gasteiger partial charge on any atom is 0.417 e. The van der Waals surface area contributed by atoms with Crippen LogP contribution in [0.25, 0.3) is 0 Å². The molecular weight excluding hydrogens is 140 g/mol. The summed E-state index contributed by atoms with van der Waals surface area (Å²) in [5.41, 5.74) is -0.126. The lowest BCUT2D eigenvalue weighted by Gasteiger charge is -2.18. The molecule has 0 aliphatic carbocycles. The molecule has 0 saturated heterocycles. The van der Waals surface area contributed by atoms with Crippen molar-refractivity contribution >= 4 is 18.1 Å². The van der Waals surface area contributed by atoms with Crippen LogP contribution in [0.15, 0.2) is 0 Å². The minimum atomic E-state index is -0.126. The lowest BCUT2D eigenvalue weighted by atomic mass is 9.98. The normalized spacial score (nSPS) is 11.0. The summed E-state index contributed by atoms with van der Waals surface area (Å²) < 4.78 is 4.40. The second-order valence-electron chi connectivity index (χ2n) is 2.67. The molecule has 0 aliphatic heterocycles. The maximum atomic E-state index is 9.58. The van der Waals surface area contributed by atoms with Gasteiger partial charge >= 0.3 is 6.47 Å². The first-order chi connectivity index (χ1) is 4.12. The van der Waals surface area contributed by atoms with Crippen molar-refractivity contribution in [3.05, 3.63) is 0 Å². The van der Waals surface area contributed by atoms with E-state index in [-0.39, 0.29) is 5.41 Å². The van der Waals surface area contributed by atoms with Gasteiger partial charge in [-0.3, -0.25) is 0 Å². The van der Waals surface area contributed by atoms with Gasteiger partial charge in [-0.15, -0.1) is 11.6 Å². The van der Waals surface area contributed by atoms with Crippen molar-refractivity contribution < 1.29 is 9.53 Å². The number of hydrogen-bond acceptors (Lipinski definition) is 2. The quantitative estimate of drug-likeness (QED) is 0.564. The lowest BCUT2D eigenvalue weighted by molar-refractivity contribution is 0.180. The number of hydrogen-bond donors (Lipinski definition) is 0. The van der Waals surface area contributed by atoms with Gasteiger partial charge in [0.05, 0.1) is 6.61 Å². The highest BCUT2D eigenvalue weighted by Crippen LogP contribution is 2.16. The first kappa shape index (κ1) is 8.76. The Hall–Kier alpha value is -0.240. The molecule has 0 fully saturated rings. The van der Waals surface area contributed by atoms with E-state index in [1.165, 1.54) is 6.47 Å². The van der Waals surface area contributed by atoms with E-state index in [1.54, 1.807) is 0 Å².